The molecule has 120 valence electrons. The summed E-state index contributed by atoms with van der Waals surface area (Å²) in [7, 11) is 0. The molecule has 4 heteroatoms. The summed E-state index contributed by atoms with van der Waals surface area (Å²) < 4.78 is 5.49. The molecule has 0 aromatic heterocycles. The van der Waals surface area contributed by atoms with Gasteiger partial charge in [0.05, 0.1) is 11.7 Å². The van der Waals surface area contributed by atoms with E-state index in [1.165, 1.54) is 12.8 Å². The molecule has 0 aromatic rings. The molecular weight excluding hydrogens is 264 g/mol. The van der Waals surface area contributed by atoms with E-state index >= 15 is 0 Å². The number of ether oxygens (including phenoxy) is 1. The van der Waals surface area contributed by atoms with Gasteiger partial charge in [0.1, 0.15) is 0 Å². The van der Waals surface area contributed by atoms with Crippen LogP contribution in [0.25, 0.3) is 0 Å². The lowest BCUT2D eigenvalue weighted by molar-refractivity contribution is -0.137. The third-order valence-corrected chi connectivity index (χ3v) is 5.83. The average molecular weight is 294 g/mol. The molecule has 3 aliphatic rings. The quantitative estimate of drug-likeness (QED) is 0.867. The van der Waals surface area contributed by atoms with Crippen molar-refractivity contribution in [2.45, 2.75) is 83.0 Å². The molecule has 2 aliphatic heterocycles. The molecule has 1 N–H and O–H groups in total. The highest BCUT2D eigenvalue weighted by Gasteiger charge is 2.53. The Kier molecular flexibility index (Phi) is 4.55. The third-order valence-electron chi connectivity index (χ3n) is 5.83. The molecule has 2 heterocycles. The molecule has 2 unspecified atom stereocenters. The maximum absolute atomic E-state index is 13.1. The van der Waals surface area contributed by atoms with Gasteiger partial charge in [-0.3, -0.25) is 10.1 Å². The van der Waals surface area contributed by atoms with Crippen molar-refractivity contribution in [3.05, 3.63) is 0 Å². The second kappa shape index (κ2) is 6.25. The van der Waals surface area contributed by atoms with Crippen LogP contribution in [-0.4, -0.2) is 41.8 Å². The molecule has 1 saturated carbocycles. The molecule has 0 aromatic carbocycles. The second-order valence-corrected chi connectivity index (χ2v) is 7.14. The minimum Gasteiger partial charge on any atom is -0.381 e. The first-order chi connectivity index (χ1) is 10.2. The van der Waals surface area contributed by atoms with Gasteiger partial charge in [0, 0.05) is 19.3 Å². The Bertz CT molecular complexity index is 373. The summed E-state index contributed by atoms with van der Waals surface area (Å²) in [5, 5.41) is 3.73. The van der Waals surface area contributed by atoms with Gasteiger partial charge in [-0.25, -0.2) is 0 Å². The topological polar surface area (TPSA) is 41.6 Å². The van der Waals surface area contributed by atoms with Crippen LogP contribution in [0.5, 0.6) is 0 Å². The van der Waals surface area contributed by atoms with Crippen molar-refractivity contribution in [1.82, 2.24) is 10.2 Å². The van der Waals surface area contributed by atoms with Crippen molar-refractivity contribution in [2.24, 2.45) is 5.92 Å². The molecule has 1 amide bonds. The lowest BCUT2D eigenvalue weighted by Crippen LogP contribution is -2.48. The summed E-state index contributed by atoms with van der Waals surface area (Å²) in [6, 6.07) is 0.338. The lowest BCUT2D eigenvalue weighted by atomic mass is 9.90. The normalized spacial score (nSPS) is 31.2. The van der Waals surface area contributed by atoms with Crippen LogP contribution < -0.4 is 5.32 Å². The zero-order valence-corrected chi connectivity index (χ0v) is 13.6. The van der Waals surface area contributed by atoms with E-state index in [0.717, 1.165) is 51.7 Å². The number of hydrogen-bond acceptors (Lipinski definition) is 3. The van der Waals surface area contributed by atoms with Crippen LogP contribution in [0.4, 0.5) is 0 Å². The molecule has 3 fully saturated rings. The zero-order valence-electron chi connectivity index (χ0n) is 13.6. The van der Waals surface area contributed by atoms with Gasteiger partial charge in [0.2, 0.25) is 5.91 Å². The van der Waals surface area contributed by atoms with Crippen molar-refractivity contribution in [3.63, 3.8) is 0 Å². The van der Waals surface area contributed by atoms with Crippen LogP contribution in [0.1, 0.15) is 65.2 Å². The van der Waals surface area contributed by atoms with Gasteiger partial charge in [-0.2, -0.15) is 0 Å². The SMILES string of the molecule is CCCC1NC2(CCCC2)C(=O)N1C(C)C1CCOCC1. The first-order valence-corrected chi connectivity index (χ1v) is 8.86. The smallest absolute Gasteiger partial charge is 0.244 e. The van der Waals surface area contributed by atoms with Gasteiger partial charge in [-0.1, -0.05) is 26.2 Å². The number of carbonyl (C=O) groups excluding carboxylic acids is 1. The Morgan fingerprint density at radius 3 is 2.62 bits per heavy atom. The van der Waals surface area contributed by atoms with Crippen molar-refractivity contribution >= 4 is 5.91 Å². The summed E-state index contributed by atoms with van der Waals surface area (Å²) in [6.45, 7) is 6.18. The molecule has 0 radical (unpaired) electrons. The Labute approximate surface area is 128 Å². The van der Waals surface area contributed by atoms with E-state index in [4.69, 9.17) is 4.74 Å². The van der Waals surface area contributed by atoms with Gasteiger partial charge in [-0.15, -0.1) is 0 Å². The predicted octanol–water partition coefficient (Wildman–Crippen LogP) is 2.67. The zero-order chi connectivity index (χ0) is 14.9. The van der Waals surface area contributed by atoms with Crippen molar-refractivity contribution < 1.29 is 9.53 Å². The largest absolute Gasteiger partial charge is 0.381 e. The van der Waals surface area contributed by atoms with Gasteiger partial charge in [-0.05, 0) is 44.9 Å². The number of hydrogen-bond donors (Lipinski definition) is 1. The van der Waals surface area contributed by atoms with E-state index < -0.39 is 0 Å². The molecule has 21 heavy (non-hydrogen) atoms. The van der Waals surface area contributed by atoms with Crippen LogP contribution in [0.2, 0.25) is 0 Å². The number of carbonyl (C=O) groups is 1. The summed E-state index contributed by atoms with van der Waals surface area (Å²) >= 11 is 0. The molecular formula is C17H30N2O2. The lowest BCUT2D eigenvalue weighted by Gasteiger charge is -2.37. The molecule has 3 rings (SSSR count). The average Bonchev–Trinajstić information content (AvgIpc) is 3.07. The Hall–Kier alpha value is -0.610. The Balaban J connectivity index is 1.78. The fourth-order valence-corrected chi connectivity index (χ4v) is 4.55. The summed E-state index contributed by atoms with van der Waals surface area (Å²) in [4.78, 5) is 15.3. The predicted molar refractivity (Wildman–Crippen MR) is 82.9 cm³/mol. The number of nitrogens with one attached hydrogen (secondary N) is 1. The number of rotatable bonds is 4. The highest BCUT2D eigenvalue weighted by atomic mass is 16.5. The molecule has 2 atom stereocenters. The molecule has 4 nitrogen and oxygen atoms in total. The maximum atomic E-state index is 13.1. The Morgan fingerprint density at radius 1 is 1.33 bits per heavy atom. The van der Waals surface area contributed by atoms with Crippen molar-refractivity contribution in [2.75, 3.05) is 13.2 Å². The van der Waals surface area contributed by atoms with Crippen molar-refractivity contribution in [1.29, 1.82) is 0 Å². The first-order valence-electron chi connectivity index (χ1n) is 8.86. The van der Waals surface area contributed by atoms with E-state index in [1.54, 1.807) is 0 Å². The van der Waals surface area contributed by atoms with E-state index in [-0.39, 0.29) is 11.7 Å². The van der Waals surface area contributed by atoms with Gasteiger partial charge >= 0.3 is 0 Å². The van der Waals surface area contributed by atoms with Crippen LogP contribution in [0, 0.1) is 5.92 Å². The summed E-state index contributed by atoms with van der Waals surface area (Å²) in [5.74, 6) is 0.984. The first kappa shape index (κ1) is 15.3. The number of nitrogens with zero attached hydrogens (tertiary/aromatic N) is 1. The minimum atomic E-state index is -0.223. The highest BCUT2D eigenvalue weighted by Crippen LogP contribution is 2.39. The second-order valence-electron chi connectivity index (χ2n) is 7.14. The molecule has 2 saturated heterocycles. The van der Waals surface area contributed by atoms with E-state index in [0.29, 0.717) is 17.9 Å². The molecule has 1 spiro atoms. The fraction of sp³-hybridized carbons (Fsp3) is 0.941. The van der Waals surface area contributed by atoms with Gasteiger partial charge < -0.3 is 9.64 Å². The Morgan fingerprint density at radius 2 is 2.00 bits per heavy atom. The van der Waals surface area contributed by atoms with Gasteiger partial charge in [0.25, 0.3) is 0 Å². The standard InChI is InChI=1S/C17H30N2O2/c1-3-6-15-18-17(9-4-5-10-17)16(20)19(15)13(2)14-7-11-21-12-8-14/h13-15,18H,3-12H2,1-2H3. The van der Waals surface area contributed by atoms with E-state index in [9.17, 15) is 4.79 Å². The summed E-state index contributed by atoms with van der Waals surface area (Å²) in [6.07, 6.45) is 9.07. The van der Waals surface area contributed by atoms with Gasteiger partial charge in [0.15, 0.2) is 0 Å². The van der Waals surface area contributed by atoms with Crippen LogP contribution in [0.15, 0.2) is 0 Å². The van der Waals surface area contributed by atoms with Crippen LogP contribution in [0.3, 0.4) is 0 Å². The van der Waals surface area contributed by atoms with E-state index in [1.807, 2.05) is 0 Å². The molecule has 0 bridgehead atoms. The fourth-order valence-electron chi connectivity index (χ4n) is 4.55. The van der Waals surface area contributed by atoms with Crippen LogP contribution in [-0.2, 0) is 9.53 Å². The van der Waals surface area contributed by atoms with E-state index in [2.05, 4.69) is 24.1 Å². The maximum Gasteiger partial charge on any atom is 0.244 e. The molecule has 1 aliphatic carbocycles. The third kappa shape index (κ3) is 2.72. The van der Waals surface area contributed by atoms with Crippen molar-refractivity contribution in [3.8, 4) is 0 Å². The number of amides is 1. The summed E-state index contributed by atoms with van der Waals surface area (Å²) in [5.41, 5.74) is -0.223. The van der Waals surface area contributed by atoms with Crippen LogP contribution >= 0.6 is 0 Å². The minimum absolute atomic E-state index is 0.223. The monoisotopic (exact) mass is 294 g/mol. The highest BCUT2D eigenvalue weighted by molar-refractivity contribution is 5.89.